The predicted octanol–water partition coefficient (Wildman–Crippen LogP) is -0.992. The van der Waals surface area contributed by atoms with Crippen LogP contribution in [0.15, 0.2) is 0 Å². The van der Waals surface area contributed by atoms with Crippen molar-refractivity contribution in [3.8, 4) is 0 Å². The summed E-state index contributed by atoms with van der Waals surface area (Å²) in [7, 11) is 1.67. The second-order valence-corrected chi connectivity index (χ2v) is 4.45. The van der Waals surface area contributed by atoms with Crippen molar-refractivity contribution in [1.82, 2.24) is 9.80 Å². The highest BCUT2D eigenvalue weighted by molar-refractivity contribution is 5.90. The summed E-state index contributed by atoms with van der Waals surface area (Å²) in [6, 6.07) is 0. The molecule has 0 aromatic heterocycles. The topological polar surface area (TPSA) is 77.9 Å². The van der Waals surface area contributed by atoms with E-state index in [1.54, 1.807) is 7.05 Å². The molecule has 0 saturated carbocycles. The van der Waals surface area contributed by atoms with Gasteiger partial charge in [-0.15, -0.1) is 0 Å². The van der Waals surface area contributed by atoms with Crippen LogP contribution in [-0.4, -0.2) is 59.4 Å². The van der Waals surface area contributed by atoms with Gasteiger partial charge in [-0.25, -0.2) is 0 Å². The van der Waals surface area contributed by atoms with E-state index < -0.39 is 11.9 Å². The summed E-state index contributed by atoms with van der Waals surface area (Å²) in [5, 5.41) is 8.68. The molecule has 2 fully saturated rings. The highest BCUT2D eigenvalue weighted by Gasteiger charge is 2.41. The lowest BCUT2D eigenvalue weighted by Crippen LogP contribution is -2.54. The maximum Gasteiger partial charge on any atom is 0.310 e. The molecule has 0 aliphatic carbocycles. The Morgan fingerprint density at radius 2 is 1.88 bits per heavy atom. The molecule has 1 atom stereocenters. The monoisotopic (exact) mass is 226 g/mol. The van der Waals surface area contributed by atoms with Crippen LogP contribution in [0.25, 0.3) is 0 Å². The van der Waals surface area contributed by atoms with Crippen LogP contribution in [0.2, 0.25) is 0 Å². The zero-order chi connectivity index (χ0) is 11.9. The number of nitrogens with zero attached hydrogens (tertiary/aromatic N) is 2. The first-order valence-corrected chi connectivity index (χ1v) is 5.24. The number of hydrogen-bond acceptors (Lipinski definition) is 3. The van der Waals surface area contributed by atoms with Gasteiger partial charge in [-0.2, -0.15) is 0 Å². The molecular weight excluding hydrogens is 212 g/mol. The van der Waals surface area contributed by atoms with Crippen molar-refractivity contribution >= 4 is 17.8 Å². The molecule has 6 nitrogen and oxygen atoms in total. The average Bonchev–Trinajstić information content (AvgIpc) is 2.43. The first-order chi connectivity index (χ1) is 7.49. The number of rotatable bonds is 2. The number of amides is 2. The van der Waals surface area contributed by atoms with E-state index in [4.69, 9.17) is 5.11 Å². The van der Waals surface area contributed by atoms with Crippen LogP contribution in [0.3, 0.4) is 0 Å². The molecule has 6 heteroatoms. The van der Waals surface area contributed by atoms with Crippen molar-refractivity contribution in [1.29, 1.82) is 0 Å². The Morgan fingerprint density at radius 3 is 2.31 bits per heavy atom. The van der Waals surface area contributed by atoms with Crippen LogP contribution >= 0.6 is 0 Å². The minimum absolute atomic E-state index is 0.0198. The smallest absolute Gasteiger partial charge is 0.310 e. The van der Waals surface area contributed by atoms with E-state index in [2.05, 4.69) is 0 Å². The van der Waals surface area contributed by atoms with Crippen molar-refractivity contribution in [2.75, 3.05) is 26.7 Å². The molecule has 2 amide bonds. The molecule has 0 spiro atoms. The van der Waals surface area contributed by atoms with Gasteiger partial charge in [0.15, 0.2) is 0 Å². The van der Waals surface area contributed by atoms with Gasteiger partial charge in [-0.1, -0.05) is 0 Å². The molecule has 0 aromatic rings. The maximum atomic E-state index is 11.8. The van der Waals surface area contributed by atoms with Crippen LogP contribution in [0, 0.1) is 11.8 Å². The molecule has 88 valence electrons. The number of carbonyl (C=O) groups excluding carboxylic acids is 2. The summed E-state index contributed by atoms with van der Waals surface area (Å²) in [5.41, 5.74) is 0. The van der Waals surface area contributed by atoms with Crippen molar-refractivity contribution in [2.45, 2.75) is 6.42 Å². The quantitative estimate of drug-likeness (QED) is 0.655. The highest BCUT2D eigenvalue weighted by atomic mass is 16.4. The highest BCUT2D eigenvalue weighted by Crippen LogP contribution is 2.23. The van der Waals surface area contributed by atoms with Crippen LogP contribution in [0.4, 0.5) is 0 Å². The second-order valence-electron chi connectivity index (χ2n) is 4.45. The fraction of sp³-hybridized carbons (Fsp3) is 0.700. The number of carboxylic acid groups (broad SMARTS) is 1. The molecule has 1 N–H and O–H groups in total. The van der Waals surface area contributed by atoms with Gasteiger partial charge in [0.1, 0.15) is 0 Å². The second kappa shape index (κ2) is 3.77. The molecule has 0 aromatic carbocycles. The van der Waals surface area contributed by atoms with Gasteiger partial charge < -0.3 is 14.9 Å². The summed E-state index contributed by atoms with van der Waals surface area (Å²) >= 11 is 0. The van der Waals surface area contributed by atoms with Crippen LogP contribution < -0.4 is 0 Å². The normalized spacial score (nSPS) is 25.8. The third kappa shape index (κ3) is 1.75. The van der Waals surface area contributed by atoms with Crippen molar-refractivity contribution < 1.29 is 19.5 Å². The summed E-state index contributed by atoms with van der Waals surface area (Å²) in [6.07, 6.45) is 0.254. The fourth-order valence-corrected chi connectivity index (χ4v) is 2.10. The van der Waals surface area contributed by atoms with Gasteiger partial charge >= 0.3 is 5.97 Å². The minimum atomic E-state index is -0.858. The first-order valence-electron chi connectivity index (χ1n) is 5.24. The zero-order valence-electron chi connectivity index (χ0n) is 9.05. The number of aliphatic carboxylic acids is 1. The Labute approximate surface area is 92.8 Å². The Kier molecular flexibility index (Phi) is 2.57. The van der Waals surface area contributed by atoms with E-state index in [1.807, 2.05) is 0 Å². The van der Waals surface area contributed by atoms with Gasteiger partial charge in [0.2, 0.25) is 11.8 Å². The van der Waals surface area contributed by atoms with E-state index in [1.165, 1.54) is 9.80 Å². The average molecular weight is 226 g/mol. The maximum absolute atomic E-state index is 11.8. The Bertz CT molecular complexity index is 349. The summed E-state index contributed by atoms with van der Waals surface area (Å²) < 4.78 is 0. The molecule has 2 aliphatic heterocycles. The molecular formula is C10H14N2O4. The summed E-state index contributed by atoms with van der Waals surface area (Å²) in [5.74, 6) is -1.68. The fourth-order valence-electron chi connectivity index (χ4n) is 2.10. The number of carbonyl (C=O) groups is 3. The van der Waals surface area contributed by atoms with E-state index in [0.29, 0.717) is 6.54 Å². The molecule has 2 saturated heterocycles. The first kappa shape index (κ1) is 10.9. The van der Waals surface area contributed by atoms with Gasteiger partial charge in [0, 0.05) is 33.1 Å². The summed E-state index contributed by atoms with van der Waals surface area (Å²) in [6.45, 7) is 1.01. The number of likely N-dealkylation sites (tertiary alicyclic amines) is 2. The van der Waals surface area contributed by atoms with E-state index >= 15 is 0 Å². The van der Waals surface area contributed by atoms with Crippen LogP contribution in [0.5, 0.6) is 0 Å². The van der Waals surface area contributed by atoms with E-state index in [9.17, 15) is 14.4 Å². The van der Waals surface area contributed by atoms with Crippen molar-refractivity contribution in [2.24, 2.45) is 11.8 Å². The van der Waals surface area contributed by atoms with E-state index in [-0.39, 0.29) is 37.2 Å². The lowest BCUT2D eigenvalue weighted by molar-refractivity contribution is -0.154. The molecule has 0 radical (unpaired) electrons. The van der Waals surface area contributed by atoms with Gasteiger partial charge in [-0.3, -0.25) is 14.4 Å². The van der Waals surface area contributed by atoms with Crippen LogP contribution in [-0.2, 0) is 14.4 Å². The van der Waals surface area contributed by atoms with Gasteiger partial charge in [0.05, 0.1) is 11.8 Å². The third-order valence-corrected chi connectivity index (χ3v) is 3.23. The largest absolute Gasteiger partial charge is 0.481 e. The van der Waals surface area contributed by atoms with Gasteiger partial charge in [0.25, 0.3) is 0 Å². The Hall–Kier alpha value is -1.59. The van der Waals surface area contributed by atoms with Crippen molar-refractivity contribution in [3.63, 3.8) is 0 Å². The predicted molar refractivity (Wildman–Crippen MR) is 53.4 cm³/mol. The summed E-state index contributed by atoms with van der Waals surface area (Å²) in [4.78, 5) is 36.7. The third-order valence-electron chi connectivity index (χ3n) is 3.23. The Balaban J connectivity index is 1.87. The van der Waals surface area contributed by atoms with Crippen molar-refractivity contribution in [3.05, 3.63) is 0 Å². The molecule has 2 rings (SSSR count). The number of hydrogen-bond donors (Lipinski definition) is 1. The minimum Gasteiger partial charge on any atom is -0.481 e. The Morgan fingerprint density at radius 1 is 1.25 bits per heavy atom. The van der Waals surface area contributed by atoms with Gasteiger partial charge in [-0.05, 0) is 0 Å². The molecule has 2 aliphatic rings. The molecule has 0 bridgehead atoms. The standard InChI is InChI=1S/C10H14N2O4/c1-11-3-6(2-8(11)13)9(14)12-4-7(5-12)10(15)16/h6-7H,2-5H2,1H3,(H,15,16). The number of carboxylic acids is 1. The molecule has 2 heterocycles. The lowest BCUT2D eigenvalue weighted by atomic mass is 9.97. The molecule has 1 unspecified atom stereocenters. The lowest BCUT2D eigenvalue weighted by Gasteiger charge is -2.38. The molecule has 16 heavy (non-hydrogen) atoms. The van der Waals surface area contributed by atoms with E-state index in [0.717, 1.165) is 0 Å². The zero-order valence-corrected chi connectivity index (χ0v) is 9.05. The van der Waals surface area contributed by atoms with Crippen LogP contribution in [0.1, 0.15) is 6.42 Å². The SMILES string of the molecule is CN1CC(C(=O)N2CC(C(=O)O)C2)CC1=O.